The van der Waals surface area contributed by atoms with E-state index in [1.54, 1.807) is 48.5 Å². The van der Waals surface area contributed by atoms with Crippen molar-refractivity contribution in [3.05, 3.63) is 65.2 Å². The predicted molar refractivity (Wildman–Crippen MR) is 108 cm³/mol. The van der Waals surface area contributed by atoms with Crippen LogP contribution in [0.25, 0.3) is 0 Å². The number of ether oxygens (including phenoxy) is 1. The summed E-state index contributed by atoms with van der Waals surface area (Å²) in [4.78, 5) is 42.5. The first-order valence-corrected chi connectivity index (χ1v) is 9.82. The third-order valence-electron chi connectivity index (χ3n) is 5.57. The van der Waals surface area contributed by atoms with Crippen LogP contribution in [0.5, 0.6) is 0 Å². The highest BCUT2D eigenvalue weighted by Crippen LogP contribution is 2.46. The topological polar surface area (TPSA) is 90.7 Å². The second kappa shape index (κ2) is 7.30. The highest BCUT2D eigenvalue weighted by molar-refractivity contribution is 6.15. The fourth-order valence-corrected chi connectivity index (χ4v) is 4.37. The molecule has 2 aromatic carbocycles. The van der Waals surface area contributed by atoms with E-state index in [9.17, 15) is 14.4 Å². The number of hydrogen-bond donors (Lipinski definition) is 0. The Hall–Kier alpha value is -3.66. The first-order valence-electron chi connectivity index (χ1n) is 9.82. The third kappa shape index (κ3) is 2.84. The molecule has 0 radical (unpaired) electrons. The van der Waals surface area contributed by atoms with Crippen LogP contribution in [0.3, 0.4) is 0 Å². The number of benzene rings is 2. The van der Waals surface area contributed by atoms with Crippen LogP contribution in [0, 0.1) is 11.3 Å². The van der Waals surface area contributed by atoms with Crippen molar-refractivity contribution in [3.8, 4) is 6.07 Å². The summed E-state index contributed by atoms with van der Waals surface area (Å²) in [5.74, 6) is -1.16. The molecule has 1 atom stereocenters. The molecule has 7 nitrogen and oxygen atoms in total. The highest BCUT2D eigenvalue weighted by Gasteiger charge is 2.62. The second-order valence-corrected chi connectivity index (χ2v) is 7.72. The smallest absolute Gasteiger partial charge is 0.354 e. The SMILES string of the molecule is CC(C)N1C(=O)c2ccccc2N2C(=O)CC[C@]21C(=O)OCc1cccc(C#N)c1. The van der Waals surface area contributed by atoms with E-state index in [1.807, 2.05) is 13.8 Å². The number of para-hydroxylation sites is 1. The lowest BCUT2D eigenvalue weighted by Crippen LogP contribution is -2.70. The zero-order valence-electron chi connectivity index (χ0n) is 16.8. The molecule has 2 heterocycles. The number of anilines is 1. The van der Waals surface area contributed by atoms with E-state index < -0.39 is 11.6 Å². The second-order valence-electron chi connectivity index (χ2n) is 7.72. The molecule has 1 fully saturated rings. The van der Waals surface area contributed by atoms with E-state index >= 15 is 0 Å². The normalized spacial score (nSPS) is 20.1. The molecule has 7 heteroatoms. The Morgan fingerprint density at radius 1 is 1.20 bits per heavy atom. The Balaban J connectivity index is 1.74. The van der Waals surface area contributed by atoms with Crippen molar-refractivity contribution in [2.24, 2.45) is 0 Å². The highest BCUT2D eigenvalue weighted by atomic mass is 16.5. The zero-order chi connectivity index (χ0) is 21.5. The summed E-state index contributed by atoms with van der Waals surface area (Å²) in [5, 5.41) is 9.07. The van der Waals surface area contributed by atoms with Crippen LogP contribution in [0.2, 0.25) is 0 Å². The van der Waals surface area contributed by atoms with E-state index in [0.717, 1.165) is 0 Å². The molecule has 0 saturated carbocycles. The van der Waals surface area contributed by atoms with Gasteiger partial charge < -0.3 is 9.64 Å². The molecule has 4 rings (SSSR count). The molecule has 0 spiro atoms. The maximum atomic E-state index is 13.5. The minimum absolute atomic E-state index is 0.0556. The summed E-state index contributed by atoms with van der Waals surface area (Å²) in [6.07, 6.45) is 0.311. The first kappa shape index (κ1) is 19.6. The van der Waals surface area contributed by atoms with Gasteiger partial charge in [0.25, 0.3) is 5.91 Å². The number of nitrogens with zero attached hydrogens (tertiary/aromatic N) is 3. The average Bonchev–Trinajstić information content (AvgIpc) is 3.10. The van der Waals surface area contributed by atoms with Crippen LogP contribution in [-0.2, 0) is 20.9 Å². The van der Waals surface area contributed by atoms with Gasteiger partial charge in [-0.3, -0.25) is 14.5 Å². The maximum absolute atomic E-state index is 13.5. The average molecular weight is 403 g/mol. The standard InChI is InChI=1S/C23H21N3O4/c1-15(2)25-21(28)18-8-3-4-9-19(18)26-20(27)10-11-23(25,26)22(29)30-14-17-7-5-6-16(12-17)13-24/h3-9,12,15H,10-11,14H2,1-2H3/t23-/m1/s1. The van der Waals surface area contributed by atoms with Gasteiger partial charge in [-0.25, -0.2) is 4.79 Å². The number of esters is 1. The third-order valence-corrected chi connectivity index (χ3v) is 5.57. The van der Waals surface area contributed by atoms with Crippen molar-refractivity contribution in [2.75, 3.05) is 4.90 Å². The van der Waals surface area contributed by atoms with Crippen LogP contribution in [-0.4, -0.2) is 34.4 Å². The van der Waals surface area contributed by atoms with Gasteiger partial charge in [-0.05, 0) is 43.7 Å². The number of hydrogen-bond acceptors (Lipinski definition) is 5. The number of rotatable bonds is 4. The lowest BCUT2D eigenvalue weighted by atomic mass is 9.95. The Kier molecular flexibility index (Phi) is 4.78. The molecule has 152 valence electrons. The molecule has 2 aromatic rings. The van der Waals surface area contributed by atoms with E-state index in [0.29, 0.717) is 22.4 Å². The van der Waals surface area contributed by atoms with Crippen molar-refractivity contribution < 1.29 is 19.1 Å². The lowest BCUT2D eigenvalue weighted by molar-refractivity contribution is -0.159. The number of nitriles is 1. The largest absolute Gasteiger partial charge is 0.458 e. The summed E-state index contributed by atoms with van der Waals surface area (Å²) < 4.78 is 5.63. The molecule has 0 aromatic heterocycles. The molecule has 0 unspecified atom stereocenters. The molecule has 30 heavy (non-hydrogen) atoms. The zero-order valence-corrected chi connectivity index (χ0v) is 16.8. The molecule has 2 amide bonds. The Morgan fingerprint density at radius 3 is 2.70 bits per heavy atom. The molecule has 2 aliphatic rings. The Bertz CT molecular complexity index is 1090. The van der Waals surface area contributed by atoms with Crippen molar-refractivity contribution in [1.29, 1.82) is 5.26 Å². The summed E-state index contributed by atoms with van der Waals surface area (Å²) in [7, 11) is 0. The minimum Gasteiger partial charge on any atom is -0.458 e. The molecule has 1 saturated heterocycles. The van der Waals surface area contributed by atoms with Gasteiger partial charge in [-0.15, -0.1) is 0 Å². The van der Waals surface area contributed by atoms with Crippen LogP contribution in [0.4, 0.5) is 5.69 Å². The van der Waals surface area contributed by atoms with Crippen molar-refractivity contribution in [1.82, 2.24) is 4.90 Å². The molecule has 2 aliphatic heterocycles. The predicted octanol–water partition coefficient (Wildman–Crippen LogP) is 2.99. The number of fused-ring (bicyclic) bond motifs is 3. The summed E-state index contributed by atoms with van der Waals surface area (Å²) in [5.41, 5.74) is 0.443. The molecular weight excluding hydrogens is 382 g/mol. The summed E-state index contributed by atoms with van der Waals surface area (Å²) in [6.45, 7) is 3.58. The van der Waals surface area contributed by atoms with Gasteiger partial charge in [0.2, 0.25) is 11.6 Å². The monoisotopic (exact) mass is 403 g/mol. The number of carbonyl (C=O) groups is 3. The first-order chi connectivity index (χ1) is 14.4. The van der Waals surface area contributed by atoms with Gasteiger partial charge in [-0.2, -0.15) is 5.26 Å². The summed E-state index contributed by atoms with van der Waals surface area (Å²) in [6, 6.07) is 15.3. The van der Waals surface area contributed by atoms with Crippen molar-refractivity contribution >= 4 is 23.5 Å². The van der Waals surface area contributed by atoms with Crippen LogP contribution >= 0.6 is 0 Å². The van der Waals surface area contributed by atoms with Crippen LogP contribution < -0.4 is 4.90 Å². The Labute approximate surface area is 174 Å². The van der Waals surface area contributed by atoms with Gasteiger partial charge in [0, 0.05) is 18.9 Å². The number of carbonyl (C=O) groups excluding carboxylic acids is 3. The number of amides is 2. The fourth-order valence-electron chi connectivity index (χ4n) is 4.37. The van der Waals surface area contributed by atoms with Crippen molar-refractivity contribution in [3.63, 3.8) is 0 Å². The van der Waals surface area contributed by atoms with Gasteiger partial charge in [0.05, 0.1) is 22.9 Å². The van der Waals surface area contributed by atoms with Crippen LogP contribution in [0.15, 0.2) is 48.5 Å². The maximum Gasteiger partial charge on any atom is 0.354 e. The quantitative estimate of drug-likeness (QED) is 0.732. The minimum atomic E-state index is -1.51. The fraction of sp³-hybridized carbons (Fsp3) is 0.304. The van der Waals surface area contributed by atoms with E-state index in [2.05, 4.69) is 6.07 Å². The van der Waals surface area contributed by atoms with E-state index in [-0.39, 0.29) is 37.3 Å². The van der Waals surface area contributed by atoms with Gasteiger partial charge >= 0.3 is 5.97 Å². The molecule has 0 N–H and O–H groups in total. The lowest BCUT2D eigenvalue weighted by Gasteiger charge is -2.50. The molecule has 0 bridgehead atoms. The van der Waals surface area contributed by atoms with Gasteiger partial charge in [-0.1, -0.05) is 24.3 Å². The van der Waals surface area contributed by atoms with E-state index in [1.165, 1.54) is 9.80 Å². The van der Waals surface area contributed by atoms with Gasteiger partial charge in [0.1, 0.15) is 6.61 Å². The molecule has 0 aliphatic carbocycles. The Morgan fingerprint density at radius 2 is 1.97 bits per heavy atom. The summed E-state index contributed by atoms with van der Waals surface area (Å²) >= 11 is 0. The van der Waals surface area contributed by atoms with E-state index in [4.69, 9.17) is 10.00 Å². The van der Waals surface area contributed by atoms with Crippen LogP contribution in [0.1, 0.15) is 48.2 Å². The molecular formula is C23H21N3O4. The van der Waals surface area contributed by atoms with Gasteiger partial charge in [0.15, 0.2) is 0 Å². The van der Waals surface area contributed by atoms with Crippen molar-refractivity contribution in [2.45, 2.75) is 45.0 Å².